The van der Waals surface area contributed by atoms with Gasteiger partial charge in [0, 0.05) is 24.5 Å². The van der Waals surface area contributed by atoms with Crippen molar-refractivity contribution in [3.05, 3.63) is 64.7 Å². The van der Waals surface area contributed by atoms with E-state index in [1.165, 1.54) is 0 Å². The predicted octanol–water partition coefficient (Wildman–Crippen LogP) is 2.54. The second-order valence-electron chi connectivity index (χ2n) is 5.55. The fourth-order valence-electron chi connectivity index (χ4n) is 2.30. The minimum absolute atomic E-state index is 0.206. The van der Waals surface area contributed by atoms with Crippen molar-refractivity contribution in [2.24, 2.45) is 7.05 Å². The number of aryl methyl sites for hydroxylation is 2. The molecular formula is C17H18ClN5O2. The molecule has 3 rings (SSSR count). The average Bonchev–Trinajstić information content (AvgIpc) is 3.21. The van der Waals surface area contributed by atoms with E-state index in [9.17, 15) is 4.79 Å². The molecule has 1 amide bonds. The Bertz CT molecular complexity index is 887. The Morgan fingerprint density at radius 2 is 2.16 bits per heavy atom. The largest absolute Gasteiger partial charge is 0.471 e. The molecule has 25 heavy (non-hydrogen) atoms. The summed E-state index contributed by atoms with van der Waals surface area (Å²) in [6, 6.07) is 8.90. The number of halogens is 1. The first-order chi connectivity index (χ1) is 12.0. The lowest BCUT2D eigenvalue weighted by Crippen LogP contribution is -2.24. The smallest absolute Gasteiger partial charge is 0.272 e. The standard InChI is InChI=1S/C17H18ClN5O2/c1-12-9-13(18)3-4-16(12)25-11-23-8-6-15(21-23)17(24)19-10-14-5-7-20-22(14)2/h3-9H,10-11H2,1-2H3,(H,19,24). The molecule has 0 bridgehead atoms. The van der Waals surface area contributed by atoms with Crippen LogP contribution in [0.4, 0.5) is 0 Å². The van der Waals surface area contributed by atoms with Crippen molar-refractivity contribution in [2.75, 3.05) is 0 Å². The Morgan fingerprint density at radius 3 is 2.88 bits per heavy atom. The third kappa shape index (κ3) is 4.19. The van der Waals surface area contributed by atoms with E-state index in [1.807, 2.05) is 32.2 Å². The highest BCUT2D eigenvalue weighted by atomic mass is 35.5. The minimum Gasteiger partial charge on any atom is -0.471 e. The van der Waals surface area contributed by atoms with Crippen molar-refractivity contribution < 1.29 is 9.53 Å². The SMILES string of the molecule is Cc1cc(Cl)ccc1OCn1ccc(C(=O)NCc2ccnn2C)n1. The molecule has 8 heteroatoms. The van der Waals surface area contributed by atoms with Crippen molar-refractivity contribution in [3.63, 3.8) is 0 Å². The van der Waals surface area contributed by atoms with Crippen LogP contribution in [0, 0.1) is 6.92 Å². The number of benzene rings is 1. The third-order valence-corrected chi connectivity index (χ3v) is 3.95. The lowest BCUT2D eigenvalue weighted by Gasteiger charge is -2.09. The molecule has 0 aliphatic carbocycles. The summed E-state index contributed by atoms with van der Waals surface area (Å²) < 4.78 is 8.98. The second kappa shape index (κ2) is 7.40. The Hall–Kier alpha value is -2.80. The van der Waals surface area contributed by atoms with Crippen molar-refractivity contribution in [1.82, 2.24) is 24.9 Å². The molecule has 0 aliphatic heterocycles. The number of hydrogen-bond acceptors (Lipinski definition) is 4. The monoisotopic (exact) mass is 359 g/mol. The molecule has 0 saturated carbocycles. The lowest BCUT2D eigenvalue weighted by atomic mass is 10.2. The van der Waals surface area contributed by atoms with Crippen LogP contribution in [0.25, 0.3) is 0 Å². The Morgan fingerprint density at radius 1 is 1.32 bits per heavy atom. The molecule has 2 aromatic heterocycles. The number of aromatic nitrogens is 4. The second-order valence-corrected chi connectivity index (χ2v) is 5.99. The summed E-state index contributed by atoms with van der Waals surface area (Å²) in [5, 5.41) is 11.8. The molecule has 0 radical (unpaired) electrons. The van der Waals surface area contributed by atoms with Gasteiger partial charge in [0.15, 0.2) is 6.73 Å². The average molecular weight is 360 g/mol. The molecule has 130 valence electrons. The predicted molar refractivity (Wildman–Crippen MR) is 93.4 cm³/mol. The molecular weight excluding hydrogens is 342 g/mol. The Kier molecular flexibility index (Phi) is 5.04. The zero-order chi connectivity index (χ0) is 17.8. The maximum absolute atomic E-state index is 12.2. The van der Waals surface area contributed by atoms with Gasteiger partial charge < -0.3 is 10.1 Å². The summed E-state index contributed by atoms with van der Waals surface area (Å²) in [6.45, 7) is 2.52. The molecule has 7 nitrogen and oxygen atoms in total. The third-order valence-electron chi connectivity index (χ3n) is 3.72. The summed E-state index contributed by atoms with van der Waals surface area (Å²) in [4.78, 5) is 12.2. The summed E-state index contributed by atoms with van der Waals surface area (Å²) in [7, 11) is 1.83. The number of nitrogens with zero attached hydrogens (tertiary/aromatic N) is 4. The van der Waals surface area contributed by atoms with Gasteiger partial charge >= 0.3 is 0 Å². The zero-order valence-electron chi connectivity index (χ0n) is 13.9. The number of amides is 1. The van der Waals surface area contributed by atoms with E-state index in [0.29, 0.717) is 17.3 Å². The maximum Gasteiger partial charge on any atom is 0.272 e. The van der Waals surface area contributed by atoms with Crippen LogP contribution >= 0.6 is 11.6 Å². The summed E-state index contributed by atoms with van der Waals surface area (Å²) in [6.07, 6.45) is 3.39. The van der Waals surface area contributed by atoms with Gasteiger partial charge in [-0.2, -0.15) is 10.2 Å². The van der Waals surface area contributed by atoms with Crippen molar-refractivity contribution in [3.8, 4) is 5.75 Å². The quantitative estimate of drug-likeness (QED) is 0.734. The fourth-order valence-corrected chi connectivity index (χ4v) is 2.53. The van der Waals surface area contributed by atoms with Gasteiger partial charge in [0.25, 0.3) is 5.91 Å². The van der Waals surface area contributed by atoms with E-state index in [4.69, 9.17) is 16.3 Å². The van der Waals surface area contributed by atoms with Crippen LogP contribution in [0.2, 0.25) is 5.02 Å². The number of ether oxygens (including phenoxy) is 1. The van der Waals surface area contributed by atoms with Crippen LogP contribution in [0.1, 0.15) is 21.7 Å². The molecule has 0 atom stereocenters. The van der Waals surface area contributed by atoms with Crippen molar-refractivity contribution >= 4 is 17.5 Å². The van der Waals surface area contributed by atoms with E-state index in [2.05, 4.69) is 15.5 Å². The first-order valence-corrected chi connectivity index (χ1v) is 8.08. The van der Waals surface area contributed by atoms with Crippen molar-refractivity contribution in [1.29, 1.82) is 0 Å². The zero-order valence-corrected chi connectivity index (χ0v) is 14.7. The van der Waals surface area contributed by atoms with E-state index in [-0.39, 0.29) is 12.6 Å². The van der Waals surface area contributed by atoms with Crippen LogP contribution in [0.3, 0.4) is 0 Å². The molecule has 0 spiro atoms. The topological polar surface area (TPSA) is 74.0 Å². The highest BCUT2D eigenvalue weighted by molar-refractivity contribution is 6.30. The number of carbonyl (C=O) groups excluding carboxylic acids is 1. The number of carbonyl (C=O) groups is 1. The van der Waals surface area contributed by atoms with Crippen LogP contribution in [-0.4, -0.2) is 25.5 Å². The molecule has 1 N–H and O–H groups in total. The van der Waals surface area contributed by atoms with Gasteiger partial charge in [0.1, 0.15) is 11.4 Å². The number of rotatable bonds is 6. The van der Waals surface area contributed by atoms with Gasteiger partial charge in [0.05, 0.1) is 12.2 Å². The minimum atomic E-state index is -0.248. The van der Waals surface area contributed by atoms with Gasteiger partial charge in [-0.3, -0.25) is 9.48 Å². The van der Waals surface area contributed by atoms with Crippen LogP contribution in [0.15, 0.2) is 42.7 Å². The first-order valence-electron chi connectivity index (χ1n) is 7.70. The van der Waals surface area contributed by atoms with E-state index >= 15 is 0 Å². The van der Waals surface area contributed by atoms with Crippen LogP contribution in [0.5, 0.6) is 5.75 Å². The van der Waals surface area contributed by atoms with Crippen LogP contribution < -0.4 is 10.1 Å². The van der Waals surface area contributed by atoms with Gasteiger partial charge in [-0.1, -0.05) is 11.6 Å². The maximum atomic E-state index is 12.2. The number of nitrogens with one attached hydrogen (secondary N) is 1. The first kappa shape index (κ1) is 17.0. The Labute approximate surface area is 150 Å². The van der Waals surface area contributed by atoms with E-state index in [1.54, 1.807) is 33.9 Å². The van der Waals surface area contributed by atoms with Gasteiger partial charge in [-0.15, -0.1) is 0 Å². The molecule has 0 aliphatic rings. The van der Waals surface area contributed by atoms with Gasteiger partial charge in [-0.05, 0) is 42.8 Å². The van der Waals surface area contributed by atoms with Crippen LogP contribution in [-0.2, 0) is 20.3 Å². The number of hydrogen-bond donors (Lipinski definition) is 1. The van der Waals surface area contributed by atoms with Crippen molar-refractivity contribution in [2.45, 2.75) is 20.2 Å². The summed E-state index contributed by atoms with van der Waals surface area (Å²) in [5.41, 5.74) is 2.18. The highest BCUT2D eigenvalue weighted by Gasteiger charge is 2.10. The van der Waals surface area contributed by atoms with Gasteiger partial charge in [0.2, 0.25) is 0 Å². The highest BCUT2D eigenvalue weighted by Crippen LogP contribution is 2.22. The summed E-state index contributed by atoms with van der Waals surface area (Å²) in [5.74, 6) is 0.477. The molecule has 1 aromatic carbocycles. The molecule has 0 unspecified atom stereocenters. The van der Waals surface area contributed by atoms with E-state index < -0.39 is 0 Å². The summed E-state index contributed by atoms with van der Waals surface area (Å²) >= 11 is 5.93. The molecule has 0 saturated heterocycles. The van der Waals surface area contributed by atoms with E-state index in [0.717, 1.165) is 17.0 Å². The fraction of sp³-hybridized carbons (Fsp3) is 0.235. The molecule has 3 aromatic rings. The molecule has 2 heterocycles. The molecule has 0 fully saturated rings. The van der Waals surface area contributed by atoms with Gasteiger partial charge in [-0.25, -0.2) is 4.68 Å². The normalized spacial score (nSPS) is 10.7. The lowest BCUT2D eigenvalue weighted by molar-refractivity contribution is 0.0943. The Balaban J connectivity index is 1.56.